The first-order valence-electron chi connectivity index (χ1n) is 5.36. The van der Waals surface area contributed by atoms with Crippen molar-refractivity contribution in [1.29, 1.82) is 0 Å². The van der Waals surface area contributed by atoms with Crippen LogP contribution in [0.2, 0.25) is 0 Å². The lowest BCUT2D eigenvalue weighted by atomic mass is 10.3. The number of benzene rings is 1. The van der Waals surface area contributed by atoms with E-state index in [4.69, 9.17) is 21.1 Å². The van der Waals surface area contributed by atoms with Gasteiger partial charge in [-0.3, -0.25) is 4.40 Å². The van der Waals surface area contributed by atoms with E-state index in [1.165, 1.54) is 0 Å². The molecule has 1 aromatic carbocycles. The molecule has 0 saturated carbocycles. The van der Waals surface area contributed by atoms with Crippen LogP contribution in [0.1, 0.15) is 5.69 Å². The molecule has 3 aromatic rings. The molecule has 6 heteroatoms. The summed E-state index contributed by atoms with van der Waals surface area (Å²) in [5, 5.41) is 0. The van der Waals surface area contributed by atoms with Crippen LogP contribution in [0, 0.1) is 0 Å². The molecule has 2 aromatic heterocycles. The second-order valence-corrected chi connectivity index (χ2v) is 5.01. The fourth-order valence-corrected chi connectivity index (χ4v) is 3.25. The van der Waals surface area contributed by atoms with Crippen molar-refractivity contribution in [2.45, 2.75) is 5.88 Å². The zero-order valence-corrected chi connectivity index (χ0v) is 11.5. The van der Waals surface area contributed by atoms with E-state index in [9.17, 15) is 0 Å². The van der Waals surface area contributed by atoms with Crippen molar-refractivity contribution < 1.29 is 9.47 Å². The van der Waals surface area contributed by atoms with E-state index in [2.05, 4.69) is 4.98 Å². The molecule has 0 N–H and O–H groups in total. The fraction of sp³-hybridized carbons (Fsp3) is 0.250. The van der Waals surface area contributed by atoms with Gasteiger partial charge in [0.15, 0.2) is 4.96 Å². The summed E-state index contributed by atoms with van der Waals surface area (Å²) in [6.45, 7) is 0. The van der Waals surface area contributed by atoms with Crippen LogP contribution in [0.15, 0.2) is 18.3 Å². The van der Waals surface area contributed by atoms with Crippen molar-refractivity contribution in [2.75, 3.05) is 14.2 Å². The van der Waals surface area contributed by atoms with Gasteiger partial charge in [0.25, 0.3) is 0 Å². The summed E-state index contributed by atoms with van der Waals surface area (Å²) >= 11 is 7.38. The van der Waals surface area contributed by atoms with Gasteiger partial charge in [-0.25, -0.2) is 4.98 Å². The zero-order valence-electron chi connectivity index (χ0n) is 9.94. The normalized spacial score (nSPS) is 11.3. The van der Waals surface area contributed by atoms with Gasteiger partial charge in [-0.15, -0.1) is 11.6 Å². The zero-order chi connectivity index (χ0) is 12.7. The predicted molar refractivity (Wildman–Crippen MR) is 73.2 cm³/mol. The van der Waals surface area contributed by atoms with E-state index < -0.39 is 0 Å². The summed E-state index contributed by atoms with van der Waals surface area (Å²) in [6.07, 6.45) is 1.93. The maximum absolute atomic E-state index is 5.81. The smallest absolute Gasteiger partial charge is 0.195 e. The highest BCUT2D eigenvalue weighted by Gasteiger charge is 2.16. The minimum Gasteiger partial charge on any atom is -0.495 e. The van der Waals surface area contributed by atoms with Crippen LogP contribution in [0.4, 0.5) is 0 Å². The number of alkyl halides is 1. The quantitative estimate of drug-likeness (QED) is 0.692. The van der Waals surface area contributed by atoms with Crippen LogP contribution >= 0.6 is 22.9 Å². The Morgan fingerprint density at radius 3 is 2.67 bits per heavy atom. The second-order valence-electron chi connectivity index (χ2n) is 3.77. The summed E-state index contributed by atoms with van der Waals surface area (Å²) in [4.78, 5) is 5.35. The van der Waals surface area contributed by atoms with Crippen LogP contribution in [-0.4, -0.2) is 23.6 Å². The average molecular weight is 283 g/mol. The summed E-state index contributed by atoms with van der Waals surface area (Å²) < 4.78 is 13.8. The molecule has 0 unspecified atom stereocenters. The van der Waals surface area contributed by atoms with Crippen LogP contribution < -0.4 is 9.47 Å². The van der Waals surface area contributed by atoms with Gasteiger partial charge in [0, 0.05) is 6.20 Å². The molecule has 94 valence electrons. The topological polar surface area (TPSA) is 35.8 Å². The molecule has 0 atom stereocenters. The Morgan fingerprint density at radius 2 is 2.00 bits per heavy atom. The molecule has 0 bridgehead atoms. The summed E-state index contributed by atoms with van der Waals surface area (Å²) in [6, 6.07) is 3.80. The first-order chi connectivity index (χ1) is 8.78. The van der Waals surface area contributed by atoms with Crippen molar-refractivity contribution in [3.8, 4) is 11.5 Å². The van der Waals surface area contributed by atoms with Gasteiger partial charge in [-0.2, -0.15) is 0 Å². The van der Waals surface area contributed by atoms with Gasteiger partial charge in [0.1, 0.15) is 21.7 Å². The third-order valence-corrected chi connectivity index (χ3v) is 4.14. The Bertz CT molecular complexity index is 720. The van der Waals surface area contributed by atoms with Crippen LogP contribution in [0.3, 0.4) is 0 Å². The van der Waals surface area contributed by atoms with Crippen molar-refractivity contribution >= 4 is 38.1 Å². The molecule has 0 aliphatic heterocycles. The SMILES string of the molecule is COc1ccc(OC)c2c1sc1nc(CCl)cn12. The van der Waals surface area contributed by atoms with Gasteiger partial charge in [-0.1, -0.05) is 11.3 Å². The van der Waals surface area contributed by atoms with Gasteiger partial charge < -0.3 is 9.47 Å². The van der Waals surface area contributed by atoms with E-state index in [1.807, 2.05) is 22.7 Å². The molecule has 0 fully saturated rings. The second kappa shape index (κ2) is 4.33. The highest BCUT2D eigenvalue weighted by atomic mass is 35.5. The van der Waals surface area contributed by atoms with E-state index in [0.717, 1.165) is 32.4 Å². The molecule has 18 heavy (non-hydrogen) atoms. The number of imidazole rings is 1. The molecule has 0 aliphatic rings. The number of halogens is 1. The Morgan fingerprint density at radius 1 is 1.28 bits per heavy atom. The molecule has 0 radical (unpaired) electrons. The third-order valence-electron chi connectivity index (χ3n) is 2.79. The molecule has 4 nitrogen and oxygen atoms in total. The molecular formula is C12H11ClN2O2S. The van der Waals surface area contributed by atoms with Crippen molar-refractivity contribution in [3.63, 3.8) is 0 Å². The molecular weight excluding hydrogens is 272 g/mol. The molecule has 2 heterocycles. The van der Waals surface area contributed by atoms with Crippen molar-refractivity contribution in [2.24, 2.45) is 0 Å². The van der Waals surface area contributed by atoms with Gasteiger partial charge in [-0.05, 0) is 12.1 Å². The van der Waals surface area contributed by atoms with E-state index in [1.54, 1.807) is 25.6 Å². The van der Waals surface area contributed by atoms with E-state index >= 15 is 0 Å². The van der Waals surface area contributed by atoms with Gasteiger partial charge >= 0.3 is 0 Å². The van der Waals surface area contributed by atoms with E-state index in [0.29, 0.717) is 5.88 Å². The average Bonchev–Trinajstić information content (AvgIpc) is 2.94. The maximum Gasteiger partial charge on any atom is 0.195 e. The monoisotopic (exact) mass is 282 g/mol. The van der Waals surface area contributed by atoms with Crippen LogP contribution in [0.25, 0.3) is 15.2 Å². The molecule has 0 aliphatic carbocycles. The minimum absolute atomic E-state index is 0.405. The summed E-state index contributed by atoms with van der Waals surface area (Å²) in [5.74, 6) is 2.03. The van der Waals surface area contributed by atoms with E-state index in [-0.39, 0.29) is 0 Å². The number of methoxy groups -OCH3 is 2. The third kappa shape index (κ3) is 1.54. The number of hydrogen-bond acceptors (Lipinski definition) is 4. The maximum atomic E-state index is 5.81. The van der Waals surface area contributed by atoms with Crippen molar-refractivity contribution in [1.82, 2.24) is 9.38 Å². The van der Waals surface area contributed by atoms with Crippen LogP contribution in [-0.2, 0) is 5.88 Å². The lowest BCUT2D eigenvalue weighted by molar-refractivity contribution is 0.410. The first-order valence-corrected chi connectivity index (χ1v) is 6.71. The Labute approximate surface area is 113 Å². The number of rotatable bonds is 3. The Balaban J connectivity index is 2.43. The number of aromatic nitrogens is 2. The number of nitrogens with zero attached hydrogens (tertiary/aromatic N) is 2. The summed E-state index contributed by atoms with van der Waals surface area (Å²) in [5.41, 5.74) is 1.83. The Hall–Kier alpha value is -1.46. The molecule has 0 amide bonds. The summed E-state index contributed by atoms with van der Waals surface area (Å²) in [7, 11) is 3.32. The molecule has 3 rings (SSSR count). The molecule has 0 saturated heterocycles. The lowest BCUT2D eigenvalue weighted by Gasteiger charge is -2.05. The van der Waals surface area contributed by atoms with Crippen LogP contribution in [0.5, 0.6) is 11.5 Å². The minimum atomic E-state index is 0.405. The standard InChI is InChI=1S/C12H11ClN2O2S/c1-16-8-3-4-9(17-2)11-10(8)15-6-7(5-13)14-12(15)18-11/h3-4,6H,5H2,1-2H3. The lowest BCUT2D eigenvalue weighted by Crippen LogP contribution is -1.89. The first kappa shape index (κ1) is 11.6. The number of hydrogen-bond donors (Lipinski definition) is 0. The van der Waals surface area contributed by atoms with Gasteiger partial charge in [0.2, 0.25) is 0 Å². The fourth-order valence-electron chi connectivity index (χ4n) is 1.98. The highest BCUT2D eigenvalue weighted by Crippen LogP contribution is 2.39. The number of thiazole rings is 1. The number of fused-ring (bicyclic) bond motifs is 3. The Kier molecular flexibility index (Phi) is 2.80. The van der Waals surface area contributed by atoms with Crippen molar-refractivity contribution in [3.05, 3.63) is 24.0 Å². The number of ether oxygens (including phenoxy) is 2. The molecule has 0 spiro atoms. The highest BCUT2D eigenvalue weighted by molar-refractivity contribution is 7.24. The van der Waals surface area contributed by atoms with Gasteiger partial charge in [0.05, 0.1) is 25.8 Å². The predicted octanol–water partition coefficient (Wildman–Crippen LogP) is 3.31. The largest absolute Gasteiger partial charge is 0.495 e.